The Labute approximate surface area is 109 Å². The molecule has 0 radical (unpaired) electrons. The molecule has 0 atom stereocenters. The van der Waals surface area contributed by atoms with Crippen molar-refractivity contribution in [1.82, 2.24) is 9.71 Å². The van der Waals surface area contributed by atoms with Crippen LogP contribution in [0.3, 0.4) is 0 Å². The molecule has 0 saturated heterocycles. The van der Waals surface area contributed by atoms with Gasteiger partial charge >= 0.3 is 0 Å². The molecule has 0 aliphatic heterocycles. The molecule has 0 saturated carbocycles. The molecule has 2 rings (SSSR count). The van der Waals surface area contributed by atoms with Gasteiger partial charge in [-0.1, -0.05) is 6.07 Å². The van der Waals surface area contributed by atoms with Crippen molar-refractivity contribution in [3.05, 3.63) is 40.8 Å². The van der Waals surface area contributed by atoms with Crippen molar-refractivity contribution >= 4 is 21.4 Å². The molecule has 0 aliphatic rings. The van der Waals surface area contributed by atoms with Gasteiger partial charge in [-0.25, -0.2) is 18.1 Å². The second kappa shape index (κ2) is 5.47. The average molecular weight is 284 g/mol. The number of hydrogen-bond donors (Lipinski definition) is 2. The van der Waals surface area contributed by atoms with Gasteiger partial charge in [0, 0.05) is 24.5 Å². The molecule has 96 valence electrons. The Morgan fingerprint density at radius 1 is 1.39 bits per heavy atom. The fourth-order valence-electron chi connectivity index (χ4n) is 1.40. The van der Waals surface area contributed by atoms with Crippen molar-refractivity contribution in [3.63, 3.8) is 0 Å². The number of benzene rings is 1. The molecule has 0 spiro atoms. The smallest absolute Gasteiger partial charge is 0.240 e. The minimum Gasteiger partial charge on any atom is -0.508 e. The molecule has 1 heterocycles. The third-order valence-electron chi connectivity index (χ3n) is 2.24. The van der Waals surface area contributed by atoms with Crippen LogP contribution in [-0.2, 0) is 16.4 Å². The van der Waals surface area contributed by atoms with Gasteiger partial charge in [-0.3, -0.25) is 0 Å². The highest BCUT2D eigenvalue weighted by molar-refractivity contribution is 7.89. The third kappa shape index (κ3) is 3.28. The lowest BCUT2D eigenvalue weighted by molar-refractivity contribution is 0.473. The molecule has 1 aromatic heterocycles. The summed E-state index contributed by atoms with van der Waals surface area (Å²) in [4.78, 5) is 4.12. The van der Waals surface area contributed by atoms with Gasteiger partial charge in [-0.05, 0) is 18.2 Å². The van der Waals surface area contributed by atoms with E-state index in [0.29, 0.717) is 6.42 Å². The highest BCUT2D eigenvalue weighted by Crippen LogP contribution is 2.15. The first kappa shape index (κ1) is 13.0. The van der Waals surface area contributed by atoms with Crippen LogP contribution in [0.5, 0.6) is 5.75 Å². The second-order valence-corrected chi connectivity index (χ2v) is 6.32. The summed E-state index contributed by atoms with van der Waals surface area (Å²) in [6.45, 7) is 0.283. The van der Waals surface area contributed by atoms with Crippen molar-refractivity contribution in [1.29, 1.82) is 0 Å². The van der Waals surface area contributed by atoms with E-state index in [9.17, 15) is 13.5 Å². The summed E-state index contributed by atoms with van der Waals surface area (Å²) in [6.07, 6.45) is 2.24. The molecule has 1 aromatic carbocycles. The molecule has 0 bridgehead atoms. The zero-order valence-electron chi connectivity index (χ0n) is 9.41. The van der Waals surface area contributed by atoms with Crippen LogP contribution in [0.15, 0.2) is 40.7 Å². The van der Waals surface area contributed by atoms with Crippen molar-refractivity contribution in [2.45, 2.75) is 11.3 Å². The predicted octanol–water partition coefficient (Wildman–Crippen LogP) is 1.37. The molecule has 0 amide bonds. The normalized spacial score (nSPS) is 11.6. The lowest BCUT2D eigenvalue weighted by atomic mass is 10.3. The van der Waals surface area contributed by atoms with Crippen molar-refractivity contribution in [2.24, 2.45) is 0 Å². The lowest BCUT2D eigenvalue weighted by Gasteiger charge is -2.05. The molecular weight excluding hydrogens is 272 g/mol. The first-order valence-electron chi connectivity index (χ1n) is 5.25. The Hall–Kier alpha value is -1.44. The van der Waals surface area contributed by atoms with Gasteiger partial charge in [0.25, 0.3) is 0 Å². The van der Waals surface area contributed by atoms with Gasteiger partial charge in [0.15, 0.2) is 0 Å². The number of aromatic nitrogens is 1. The highest BCUT2D eigenvalue weighted by Gasteiger charge is 2.13. The highest BCUT2D eigenvalue weighted by atomic mass is 32.2. The van der Waals surface area contributed by atoms with Gasteiger partial charge in [-0.2, -0.15) is 0 Å². The predicted molar refractivity (Wildman–Crippen MR) is 69.1 cm³/mol. The number of nitrogens with zero attached hydrogens (tertiary/aromatic N) is 1. The van der Waals surface area contributed by atoms with Crippen LogP contribution in [0.25, 0.3) is 0 Å². The van der Waals surface area contributed by atoms with Crippen LogP contribution in [0.4, 0.5) is 0 Å². The minimum atomic E-state index is -3.57. The first-order valence-corrected chi connectivity index (χ1v) is 7.61. The molecule has 2 N–H and O–H groups in total. The van der Waals surface area contributed by atoms with E-state index in [1.807, 2.05) is 5.38 Å². The summed E-state index contributed by atoms with van der Waals surface area (Å²) in [5.41, 5.74) is 0. The fraction of sp³-hybridized carbons (Fsp3) is 0.182. The maximum atomic E-state index is 11.9. The number of hydrogen-bond acceptors (Lipinski definition) is 5. The van der Waals surface area contributed by atoms with Crippen molar-refractivity contribution < 1.29 is 13.5 Å². The minimum absolute atomic E-state index is 0.0571. The largest absolute Gasteiger partial charge is 0.508 e. The average Bonchev–Trinajstić information content (AvgIpc) is 2.82. The topological polar surface area (TPSA) is 79.3 Å². The Morgan fingerprint density at radius 2 is 2.22 bits per heavy atom. The molecule has 7 heteroatoms. The molecule has 0 aliphatic carbocycles. The Balaban J connectivity index is 1.99. The van der Waals surface area contributed by atoms with Crippen LogP contribution in [0.2, 0.25) is 0 Å². The molecular formula is C11H12N2O3S2. The maximum absolute atomic E-state index is 11.9. The second-order valence-electron chi connectivity index (χ2n) is 3.57. The third-order valence-corrected chi connectivity index (χ3v) is 4.54. The standard InChI is InChI=1S/C11H12N2O3S2/c14-9-2-1-3-10(8-9)18(15,16)13-5-4-11-12-6-7-17-11/h1-3,6-8,13-14H,4-5H2. The number of aromatic hydroxyl groups is 1. The van der Waals surface area contributed by atoms with E-state index in [4.69, 9.17) is 0 Å². The molecule has 5 nitrogen and oxygen atoms in total. The van der Waals surface area contributed by atoms with E-state index in [0.717, 1.165) is 5.01 Å². The monoisotopic (exact) mass is 284 g/mol. The van der Waals surface area contributed by atoms with Crippen LogP contribution >= 0.6 is 11.3 Å². The molecule has 0 unspecified atom stereocenters. The van der Waals surface area contributed by atoms with E-state index < -0.39 is 10.0 Å². The Kier molecular flexibility index (Phi) is 3.95. The summed E-state index contributed by atoms with van der Waals surface area (Å²) in [5, 5.41) is 12.0. The molecule has 0 fully saturated rings. The van der Waals surface area contributed by atoms with Crippen LogP contribution in [0.1, 0.15) is 5.01 Å². The number of phenolic OH excluding ortho intramolecular Hbond substituents is 1. The molecule has 2 aromatic rings. The van der Waals surface area contributed by atoms with Crippen LogP contribution in [0, 0.1) is 0 Å². The number of thiazole rings is 1. The number of nitrogens with one attached hydrogen (secondary N) is 1. The van der Waals surface area contributed by atoms with Crippen molar-refractivity contribution in [2.75, 3.05) is 6.54 Å². The maximum Gasteiger partial charge on any atom is 0.240 e. The SMILES string of the molecule is O=S(=O)(NCCc1nccs1)c1cccc(O)c1. The van der Waals surface area contributed by atoms with E-state index in [1.165, 1.54) is 35.6 Å². The Bertz CT molecular complexity index is 609. The lowest BCUT2D eigenvalue weighted by Crippen LogP contribution is -2.25. The van der Waals surface area contributed by atoms with E-state index >= 15 is 0 Å². The summed E-state index contributed by atoms with van der Waals surface area (Å²) in [7, 11) is -3.57. The Morgan fingerprint density at radius 3 is 2.89 bits per heavy atom. The van der Waals surface area contributed by atoms with E-state index in [1.54, 1.807) is 6.20 Å². The van der Waals surface area contributed by atoms with Gasteiger partial charge in [0.2, 0.25) is 10.0 Å². The van der Waals surface area contributed by atoms with Gasteiger partial charge in [0.05, 0.1) is 9.90 Å². The zero-order chi connectivity index (χ0) is 13.0. The van der Waals surface area contributed by atoms with Crippen LogP contribution < -0.4 is 4.72 Å². The molecule has 18 heavy (non-hydrogen) atoms. The van der Waals surface area contributed by atoms with Gasteiger partial charge in [-0.15, -0.1) is 11.3 Å². The van der Waals surface area contributed by atoms with E-state index in [-0.39, 0.29) is 17.2 Å². The summed E-state index contributed by atoms with van der Waals surface area (Å²) in [5.74, 6) is -0.0715. The number of rotatable bonds is 5. The fourth-order valence-corrected chi connectivity index (χ4v) is 3.09. The van der Waals surface area contributed by atoms with Gasteiger partial charge in [0.1, 0.15) is 5.75 Å². The number of phenols is 1. The first-order chi connectivity index (χ1) is 8.58. The quantitative estimate of drug-likeness (QED) is 0.869. The summed E-state index contributed by atoms with van der Waals surface area (Å²) < 4.78 is 26.2. The van der Waals surface area contributed by atoms with Crippen LogP contribution in [-0.4, -0.2) is 25.1 Å². The van der Waals surface area contributed by atoms with Gasteiger partial charge < -0.3 is 5.11 Å². The van der Waals surface area contributed by atoms with E-state index in [2.05, 4.69) is 9.71 Å². The van der Waals surface area contributed by atoms with Crippen molar-refractivity contribution in [3.8, 4) is 5.75 Å². The summed E-state index contributed by atoms with van der Waals surface area (Å²) >= 11 is 1.49. The zero-order valence-corrected chi connectivity index (χ0v) is 11.0. The summed E-state index contributed by atoms with van der Waals surface area (Å²) in [6, 6.07) is 5.57. The number of sulfonamides is 1.